The first kappa shape index (κ1) is 10.3. The lowest BCUT2D eigenvalue weighted by molar-refractivity contribution is 0.527. The standard InChI is InChI=1S/C12H17N/c1-3-12(13-2)10-9-11-7-5-4-6-8-11/h1,4-8,12-13H,3,9-10H2,2H3. The van der Waals surface area contributed by atoms with Crippen LogP contribution in [0.25, 0.3) is 0 Å². The van der Waals surface area contributed by atoms with Gasteiger partial charge in [0.1, 0.15) is 0 Å². The highest BCUT2D eigenvalue weighted by Crippen LogP contribution is 2.06. The smallest absolute Gasteiger partial charge is 0.00700 e. The van der Waals surface area contributed by atoms with Gasteiger partial charge in [-0.15, -0.1) is 0 Å². The zero-order valence-electron chi connectivity index (χ0n) is 8.16. The van der Waals surface area contributed by atoms with Gasteiger partial charge in [-0.2, -0.15) is 0 Å². The lowest BCUT2D eigenvalue weighted by Gasteiger charge is -2.12. The zero-order valence-corrected chi connectivity index (χ0v) is 8.16. The van der Waals surface area contributed by atoms with Crippen LogP contribution < -0.4 is 5.32 Å². The number of hydrogen-bond acceptors (Lipinski definition) is 1. The molecule has 1 unspecified atom stereocenters. The van der Waals surface area contributed by atoms with E-state index >= 15 is 0 Å². The molecule has 1 N–H and O–H groups in total. The quantitative estimate of drug-likeness (QED) is 0.724. The molecule has 0 amide bonds. The molecule has 0 bridgehead atoms. The van der Waals surface area contributed by atoms with E-state index in [1.165, 1.54) is 5.56 Å². The summed E-state index contributed by atoms with van der Waals surface area (Å²) in [4.78, 5) is 0. The van der Waals surface area contributed by atoms with E-state index in [2.05, 4.69) is 29.6 Å². The van der Waals surface area contributed by atoms with Crippen LogP contribution >= 0.6 is 0 Å². The maximum Gasteiger partial charge on any atom is 0.00700 e. The molecule has 70 valence electrons. The Kier molecular flexibility index (Phi) is 4.55. The normalized spacial score (nSPS) is 12.8. The van der Waals surface area contributed by atoms with Crippen molar-refractivity contribution in [2.75, 3.05) is 7.05 Å². The summed E-state index contributed by atoms with van der Waals surface area (Å²) in [5.41, 5.74) is 1.39. The average molecular weight is 175 g/mol. The van der Waals surface area contributed by atoms with Gasteiger partial charge in [-0.1, -0.05) is 30.3 Å². The van der Waals surface area contributed by atoms with E-state index < -0.39 is 0 Å². The molecule has 0 aliphatic heterocycles. The van der Waals surface area contributed by atoms with Gasteiger partial charge in [0.15, 0.2) is 0 Å². The predicted molar refractivity (Wildman–Crippen MR) is 56.5 cm³/mol. The van der Waals surface area contributed by atoms with Gasteiger partial charge in [-0.05, 0) is 38.8 Å². The molecule has 1 rings (SSSR count). The van der Waals surface area contributed by atoms with Crippen molar-refractivity contribution in [3.63, 3.8) is 0 Å². The van der Waals surface area contributed by atoms with Crippen LogP contribution in [-0.4, -0.2) is 13.1 Å². The summed E-state index contributed by atoms with van der Waals surface area (Å²) in [6, 6.07) is 11.0. The van der Waals surface area contributed by atoms with Crippen molar-refractivity contribution in [2.24, 2.45) is 0 Å². The van der Waals surface area contributed by atoms with Crippen molar-refractivity contribution >= 4 is 0 Å². The fraction of sp³-hybridized carbons (Fsp3) is 0.417. The van der Waals surface area contributed by atoms with Crippen molar-refractivity contribution < 1.29 is 0 Å². The Morgan fingerprint density at radius 1 is 1.31 bits per heavy atom. The second-order valence-electron chi connectivity index (χ2n) is 3.25. The Bertz CT molecular complexity index is 214. The van der Waals surface area contributed by atoms with Crippen molar-refractivity contribution in [1.29, 1.82) is 0 Å². The molecule has 0 aliphatic rings. The van der Waals surface area contributed by atoms with Crippen LogP contribution in [0.2, 0.25) is 0 Å². The molecule has 1 atom stereocenters. The van der Waals surface area contributed by atoms with Crippen LogP contribution in [0.3, 0.4) is 0 Å². The highest BCUT2D eigenvalue weighted by atomic mass is 14.9. The van der Waals surface area contributed by atoms with E-state index in [4.69, 9.17) is 6.92 Å². The zero-order chi connectivity index (χ0) is 9.52. The summed E-state index contributed by atoms with van der Waals surface area (Å²) in [6.45, 7) is 5.58. The number of nitrogens with one attached hydrogen (secondary N) is 1. The van der Waals surface area contributed by atoms with E-state index in [1.807, 2.05) is 13.1 Å². The minimum atomic E-state index is 0.445. The SMILES string of the molecule is [CH]CC(CCc1ccccc1)NC. The first-order valence-electron chi connectivity index (χ1n) is 4.78. The van der Waals surface area contributed by atoms with Gasteiger partial charge in [0, 0.05) is 6.04 Å². The third kappa shape index (κ3) is 3.60. The summed E-state index contributed by atoms with van der Waals surface area (Å²) in [6.07, 6.45) is 2.92. The van der Waals surface area contributed by atoms with Crippen LogP contribution in [0, 0.1) is 6.92 Å². The molecule has 0 aliphatic carbocycles. The highest BCUT2D eigenvalue weighted by molar-refractivity contribution is 5.14. The molecule has 0 heterocycles. The third-order valence-corrected chi connectivity index (χ3v) is 2.32. The maximum absolute atomic E-state index is 5.58. The number of rotatable bonds is 5. The second kappa shape index (κ2) is 5.76. The van der Waals surface area contributed by atoms with Gasteiger partial charge in [-0.3, -0.25) is 0 Å². The molecular formula is C12H17N. The van der Waals surface area contributed by atoms with Crippen molar-refractivity contribution in [2.45, 2.75) is 25.3 Å². The van der Waals surface area contributed by atoms with E-state index in [-0.39, 0.29) is 0 Å². The molecule has 1 nitrogen and oxygen atoms in total. The Labute approximate surface area is 81.2 Å². The van der Waals surface area contributed by atoms with Crippen LogP contribution in [0.4, 0.5) is 0 Å². The lowest BCUT2D eigenvalue weighted by atomic mass is 10.0. The van der Waals surface area contributed by atoms with E-state index in [9.17, 15) is 0 Å². The largest absolute Gasteiger partial charge is 0.317 e. The van der Waals surface area contributed by atoms with Crippen molar-refractivity contribution in [3.8, 4) is 0 Å². The van der Waals surface area contributed by atoms with Crippen molar-refractivity contribution in [3.05, 3.63) is 42.8 Å². The summed E-state index contributed by atoms with van der Waals surface area (Å²) in [5.74, 6) is 0. The van der Waals surface area contributed by atoms with Gasteiger partial charge in [0.2, 0.25) is 0 Å². The lowest BCUT2D eigenvalue weighted by Crippen LogP contribution is -2.24. The minimum Gasteiger partial charge on any atom is -0.317 e. The molecular weight excluding hydrogens is 158 g/mol. The molecule has 1 aromatic carbocycles. The molecule has 0 spiro atoms. The molecule has 1 heteroatoms. The summed E-state index contributed by atoms with van der Waals surface area (Å²) in [7, 11) is 1.96. The van der Waals surface area contributed by atoms with Crippen LogP contribution in [0.15, 0.2) is 30.3 Å². The Balaban J connectivity index is 2.34. The number of benzene rings is 1. The monoisotopic (exact) mass is 175 g/mol. The second-order valence-corrected chi connectivity index (χ2v) is 3.25. The van der Waals surface area contributed by atoms with Crippen LogP contribution in [0.5, 0.6) is 0 Å². The van der Waals surface area contributed by atoms with Gasteiger partial charge < -0.3 is 5.32 Å². The van der Waals surface area contributed by atoms with Crippen LogP contribution in [-0.2, 0) is 6.42 Å². The highest BCUT2D eigenvalue weighted by Gasteiger charge is 2.02. The molecule has 1 aromatic rings. The predicted octanol–water partition coefficient (Wildman–Crippen LogP) is 2.31. The Morgan fingerprint density at radius 3 is 2.54 bits per heavy atom. The molecule has 0 aromatic heterocycles. The third-order valence-electron chi connectivity index (χ3n) is 2.32. The number of aryl methyl sites for hydroxylation is 1. The van der Waals surface area contributed by atoms with Crippen LogP contribution in [0.1, 0.15) is 18.4 Å². The first-order chi connectivity index (χ1) is 6.36. The van der Waals surface area contributed by atoms with Gasteiger partial charge in [0.25, 0.3) is 0 Å². The Morgan fingerprint density at radius 2 is 2.00 bits per heavy atom. The van der Waals surface area contributed by atoms with E-state index in [1.54, 1.807) is 0 Å². The summed E-state index contributed by atoms with van der Waals surface area (Å²) >= 11 is 0. The fourth-order valence-corrected chi connectivity index (χ4v) is 1.37. The number of hydrogen-bond donors (Lipinski definition) is 1. The molecule has 0 saturated heterocycles. The molecule has 13 heavy (non-hydrogen) atoms. The van der Waals surface area contributed by atoms with Gasteiger partial charge in [-0.25, -0.2) is 0 Å². The maximum atomic E-state index is 5.58. The first-order valence-corrected chi connectivity index (χ1v) is 4.78. The molecule has 0 saturated carbocycles. The van der Waals surface area contributed by atoms with Gasteiger partial charge >= 0.3 is 0 Å². The van der Waals surface area contributed by atoms with E-state index in [0.29, 0.717) is 12.5 Å². The molecule has 0 fully saturated rings. The minimum absolute atomic E-state index is 0.445. The summed E-state index contributed by atoms with van der Waals surface area (Å²) < 4.78 is 0. The van der Waals surface area contributed by atoms with E-state index in [0.717, 1.165) is 12.8 Å². The van der Waals surface area contributed by atoms with Crippen molar-refractivity contribution in [1.82, 2.24) is 5.32 Å². The topological polar surface area (TPSA) is 12.0 Å². The average Bonchev–Trinajstić information content (AvgIpc) is 2.21. The molecule has 2 radical (unpaired) electrons. The Hall–Kier alpha value is -0.820. The summed E-state index contributed by atoms with van der Waals surface area (Å²) in [5, 5.41) is 3.20. The van der Waals surface area contributed by atoms with Gasteiger partial charge in [0.05, 0.1) is 0 Å². The fourth-order valence-electron chi connectivity index (χ4n) is 1.37.